The Morgan fingerprint density at radius 3 is 2.72 bits per heavy atom. The highest BCUT2D eigenvalue weighted by molar-refractivity contribution is 7.85. The van der Waals surface area contributed by atoms with E-state index in [0.29, 0.717) is 22.2 Å². The smallest absolute Gasteiger partial charge is 0.407 e. The van der Waals surface area contributed by atoms with E-state index in [1.807, 2.05) is 0 Å². The monoisotopic (exact) mass is 415 g/mol. The number of fused-ring (bicyclic) bond motifs is 4. The molecule has 0 fully saturated rings. The molecule has 1 N–H and O–H groups in total. The second-order valence-corrected chi connectivity index (χ2v) is 8.97. The van der Waals surface area contributed by atoms with Gasteiger partial charge in [-0.25, -0.2) is 18.4 Å². The first-order chi connectivity index (χ1) is 13.6. The molecule has 1 aromatic heterocycles. The molecule has 0 saturated heterocycles. The maximum absolute atomic E-state index is 13.6. The van der Waals surface area contributed by atoms with Crippen LogP contribution in [0, 0.1) is 5.82 Å². The van der Waals surface area contributed by atoms with Crippen LogP contribution in [0.3, 0.4) is 0 Å². The molecule has 7 nitrogen and oxygen atoms in total. The van der Waals surface area contributed by atoms with E-state index in [2.05, 4.69) is 10.3 Å². The molecule has 1 unspecified atom stereocenters. The fourth-order valence-corrected chi connectivity index (χ4v) is 4.36. The Labute approximate surface area is 168 Å². The van der Waals surface area contributed by atoms with Gasteiger partial charge in [0, 0.05) is 6.54 Å². The molecule has 9 heteroatoms. The summed E-state index contributed by atoms with van der Waals surface area (Å²) in [4.78, 5) is 29.4. The molecule has 29 heavy (non-hydrogen) atoms. The van der Waals surface area contributed by atoms with Crippen LogP contribution in [0.25, 0.3) is 16.6 Å². The predicted molar refractivity (Wildman–Crippen MR) is 105 cm³/mol. The molecule has 3 aromatic rings. The molecule has 0 radical (unpaired) electrons. The third-order valence-corrected chi connectivity index (χ3v) is 5.60. The summed E-state index contributed by atoms with van der Waals surface area (Å²) in [6, 6.07) is 8.75. The van der Waals surface area contributed by atoms with E-state index in [0.717, 1.165) is 6.07 Å². The van der Waals surface area contributed by atoms with Gasteiger partial charge >= 0.3 is 6.09 Å². The Morgan fingerprint density at radius 2 is 2.00 bits per heavy atom. The van der Waals surface area contributed by atoms with E-state index in [1.54, 1.807) is 39.0 Å². The zero-order chi connectivity index (χ0) is 20.9. The summed E-state index contributed by atoms with van der Waals surface area (Å²) < 4.78 is 32.7. The van der Waals surface area contributed by atoms with Crippen molar-refractivity contribution in [1.82, 2.24) is 14.9 Å². The third-order valence-electron chi connectivity index (χ3n) is 4.27. The van der Waals surface area contributed by atoms with Crippen molar-refractivity contribution in [2.75, 3.05) is 0 Å². The largest absolute Gasteiger partial charge is 0.444 e. The SMILES string of the molecule is CC(C)(C)OC(=O)NCc1ccc2c(=O)n3c(nc2c1)S(=O)c1cc(F)ccc1-3. The predicted octanol–water partition coefficient (Wildman–Crippen LogP) is 3.03. The van der Waals surface area contributed by atoms with Crippen LogP contribution in [0.15, 0.2) is 51.2 Å². The first-order valence-corrected chi connectivity index (χ1v) is 10.0. The third kappa shape index (κ3) is 3.53. The number of ether oxygens (including phenoxy) is 1. The van der Waals surface area contributed by atoms with E-state index in [9.17, 15) is 18.2 Å². The van der Waals surface area contributed by atoms with Gasteiger partial charge in [0.05, 0.1) is 21.5 Å². The molecule has 2 aromatic carbocycles. The van der Waals surface area contributed by atoms with Gasteiger partial charge in [-0.05, 0) is 56.7 Å². The average molecular weight is 415 g/mol. The van der Waals surface area contributed by atoms with Crippen molar-refractivity contribution in [2.45, 2.75) is 43.0 Å². The zero-order valence-electron chi connectivity index (χ0n) is 16.0. The lowest BCUT2D eigenvalue weighted by Crippen LogP contribution is -2.32. The standard InChI is InChI=1S/C20H18FN3O4S/c1-20(2,3)28-19(26)22-10-11-4-6-13-14(8-11)23-18-24(17(13)25)15-7-5-12(21)9-16(15)29(18)27/h4-9H,10H2,1-3H3,(H,22,26). The lowest BCUT2D eigenvalue weighted by atomic mass is 10.1. The van der Waals surface area contributed by atoms with Gasteiger partial charge < -0.3 is 10.1 Å². The second-order valence-electron chi connectivity index (χ2n) is 7.62. The van der Waals surface area contributed by atoms with Crippen LogP contribution in [0.5, 0.6) is 0 Å². The van der Waals surface area contributed by atoms with Crippen LogP contribution in [0.2, 0.25) is 0 Å². The van der Waals surface area contributed by atoms with Crippen LogP contribution in [0.4, 0.5) is 9.18 Å². The number of amides is 1. The zero-order valence-corrected chi connectivity index (χ0v) is 16.8. The van der Waals surface area contributed by atoms with Gasteiger partial charge in [-0.3, -0.25) is 9.36 Å². The molecule has 1 atom stereocenters. The first-order valence-electron chi connectivity index (χ1n) is 8.88. The van der Waals surface area contributed by atoms with E-state index in [4.69, 9.17) is 4.74 Å². The summed E-state index contributed by atoms with van der Waals surface area (Å²) in [5.74, 6) is -0.530. The number of halogens is 1. The van der Waals surface area contributed by atoms with Gasteiger partial charge in [-0.15, -0.1) is 0 Å². The highest BCUT2D eigenvalue weighted by atomic mass is 32.2. The number of aromatic nitrogens is 2. The van der Waals surface area contributed by atoms with Gasteiger partial charge in [0.1, 0.15) is 22.2 Å². The van der Waals surface area contributed by atoms with Crippen molar-refractivity contribution in [3.63, 3.8) is 0 Å². The number of carbonyl (C=O) groups is 1. The fourth-order valence-electron chi connectivity index (χ4n) is 3.07. The van der Waals surface area contributed by atoms with Crippen molar-refractivity contribution >= 4 is 27.8 Å². The second kappa shape index (κ2) is 6.77. The van der Waals surface area contributed by atoms with E-state index < -0.39 is 28.3 Å². The van der Waals surface area contributed by atoms with Gasteiger partial charge in [0.2, 0.25) is 5.16 Å². The van der Waals surface area contributed by atoms with Gasteiger partial charge in [0.25, 0.3) is 5.56 Å². The fraction of sp³-hybridized carbons (Fsp3) is 0.250. The van der Waals surface area contributed by atoms with Crippen LogP contribution in [0.1, 0.15) is 26.3 Å². The first kappa shape index (κ1) is 19.3. The number of nitrogens with zero attached hydrogens (tertiary/aromatic N) is 2. The molecule has 0 aliphatic carbocycles. The number of hydrogen-bond acceptors (Lipinski definition) is 5. The average Bonchev–Trinajstić information content (AvgIpc) is 2.91. The highest BCUT2D eigenvalue weighted by Crippen LogP contribution is 2.31. The number of hydrogen-bond donors (Lipinski definition) is 1. The molecule has 4 rings (SSSR count). The van der Waals surface area contributed by atoms with Crippen LogP contribution in [-0.2, 0) is 22.1 Å². The minimum Gasteiger partial charge on any atom is -0.444 e. The summed E-state index contributed by atoms with van der Waals surface area (Å²) in [6.07, 6.45) is -0.557. The Hall–Kier alpha value is -3.07. The number of nitrogens with one attached hydrogen (secondary N) is 1. The summed E-state index contributed by atoms with van der Waals surface area (Å²) in [5, 5.41) is 3.04. The molecule has 2 heterocycles. The summed E-state index contributed by atoms with van der Waals surface area (Å²) in [5.41, 5.74) is 0.437. The molecular weight excluding hydrogens is 397 g/mol. The van der Waals surface area contributed by atoms with Crippen molar-refractivity contribution in [2.24, 2.45) is 0 Å². The number of carbonyl (C=O) groups excluding carboxylic acids is 1. The Kier molecular flexibility index (Phi) is 4.49. The molecule has 0 spiro atoms. The van der Waals surface area contributed by atoms with Crippen molar-refractivity contribution in [3.05, 3.63) is 58.1 Å². The van der Waals surface area contributed by atoms with Crippen LogP contribution < -0.4 is 10.9 Å². The topological polar surface area (TPSA) is 90.3 Å². The molecule has 150 valence electrons. The summed E-state index contributed by atoms with van der Waals surface area (Å²) in [7, 11) is -1.76. The van der Waals surface area contributed by atoms with Crippen molar-refractivity contribution in [1.29, 1.82) is 0 Å². The lowest BCUT2D eigenvalue weighted by Gasteiger charge is -2.19. The van der Waals surface area contributed by atoms with Crippen molar-refractivity contribution < 1.29 is 18.1 Å². The number of alkyl carbamates (subject to hydrolysis) is 1. The normalized spacial score (nSPS) is 15.1. The maximum atomic E-state index is 13.6. The Bertz CT molecular complexity index is 1250. The van der Waals surface area contributed by atoms with Crippen LogP contribution >= 0.6 is 0 Å². The molecule has 1 aliphatic heterocycles. The van der Waals surface area contributed by atoms with Crippen molar-refractivity contribution in [3.8, 4) is 5.69 Å². The maximum Gasteiger partial charge on any atom is 0.407 e. The Morgan fingerprint density at radius 1 is 1.24 bits per heavy atom. The minimum atomic E-state index is -1.76. The quantitative estimate of drug-likeness (QED) is 0.508. The molecule has 0 bridgehead atoms. The van der Waals surface area contributed by atoms with E-state index in [1.165, 1.54) is 16.7 Å². The van der Waals surface area contributed by atoms with E-state index in [-0.39, 0.29) is 22.2 Å². The lowest BCUT2D eigenvalue weighted by molar-refractivity contribution is 0.0523. The van der Waals surface area contributed by atoms with Gasteiger partial charge in [-0.1, -0.05) is 6.07 Å². The van der Waals surface area contributed by atoms with Gasteiger partial charge in [-0.2, -0.15) is 0 Å². The number of rotatable bonds is 2. The summed E-state index contributed by atoms with van der Waals surface area (Å²) in [6.45, 7) is 5.49. The molecule has 0 saturated carbocycles. The number of benzene rings is 2. The summed E-state index contributed by atoms with van der Waals surface area (Å²) >= 11 is 0. The molecule has 1 amide bonds. The minimum absolute atomic E-state index is 0.0559. The van der Waals surface area contributed by atoms with E-state index >= 15 is 0 Å². The highest BCUT2D eigenvalue weighted by Gasteiger charge is 2.29. The Balaban J connectivity index is 1.69. The molecular formula is C20H18FN3O4S. The molecule has 1 aliphatic rings. The van der Waals surface area contributed by atoms with Crippen LogP contribution in [-0.4, -0.2) is 25.5 Å². The van der Waals surface area contributed by atoms with Gasteiger partial charge in [0.15, 0.2) is 0 Å².